The maximum absolute atomic E-state index is 12.4. The van der Waals surface area contributed by atoms with Crippen LogP contribution >= 0.6 is 23.2 Å². The number of amides is 1. The third-order valence-corrected chi connectivity index (χ3v) is 6.92. The fraction of sp³-hybridized carbons (Fsp3) is 0.381. The Morgan fingerprint density at radius 3 is 2.64 bits per heavy atom. The smallest absolute Gasteiger partial charge is 0.227 e. The molecule has 2 fully saturated rings. The van der Waals surface area contributed by atoms with Crippen LogP contribution in [0, 0.1) is 23.7 Å². The Kier molecular flexibility index (Phi) is 3.62. The van der Waals surface area contributed by atoms with Crippen LogP contribution in [-0.2, 0) is 4.79 Å². The van der Waals surface area contributed by atoms with Gasteiger partial charge in [0.05, 0.1) is 5.92 Å². The lowest BCUT2D eigenvalue weighted by Gasteiger charge is -2.39. The zero-order valence-corrected chi connectivity index (χ0v) is 15.2. The molecule has 1 aromatic rings. The average molecular weight is 372 g/mol. The first kappa shape index (κ1) is 15.7. The summed E-state index contributed by atoms with van der Waals surface area (Å²) in [7, 11) is 0. The number of hydrogen-bond donors (Lipinski definition) is 1. The minimum atomic E-state index is -0.00360. The van der Waals surface area contributed by atoms with E-state index in [0.29, 0.717) is 23.7 Å². The molecule has 0 aromatic heterocycles. The molecule has 1 aromatic carbocycles. The van der Waals surface area contributed by atoms with Gasteiger partial charge in [-0.15, -0.1) is 0 Å². The molecule has 1 heterocycles. The van der Waals surface area contributed by atoms with Crippen molar-refractivity contribution in [2.24, 2.45) is 23.7 Å². The molecule has 0 bridgehead atoms. The van der Waals surface area contributed by atoms with Crippen molar-refractivity contribution in [2.75, 3.05) is 6.54 Å². The minimum Gasteiger partial charge on any atom is -0.355 e. The van der Waals surface area contributed by atoms with E-state index in [-0.39, 0.29) is 11.8 Å². The molecule has 3 aliphatic carbocycles. The maximum atomic E-state index is 12.4. The van der Waals surface area contributed by atoms with Crippen molar-refractivity contribution in [1.82, 2.24) is 5.32 Å². The van der Waals surface area contributed by atoms with Crippen LogP contribution in [0.2, 0.25) is 5.02 Å². The van der Waals surface area contributed by atoms with Gasteiger partial charge in [-0.05, 0) is 60.3 Å². The zero-order valence-electron chi connectivity index (χ0n) is 13.7. The molecule has 1 saturated heterocycles. The molecule has 4 aliphatic rings. The van der Waals surface area contributed by atoms with Crippen molar-refractivity contribution in [2.45, 2.75) is 18.8 Å². The fourth-order valence-corrected chi connectivity index (χ4v) is 5.76. The Morgan fingerprint density at radius 2 is 1.84 bits per heavy atom. The SMILES string of the molecule is O=C1NC[C@H]2[C@@H](c3ccc(Cl)cc3)[C@@H]3C(=C[C@@H]12)CC1=CC(Cl)=CCC13. The van der Waals surface area contributed by atoms with Crippen LogP contribution in [0.25, 0.3) is 0 Å². The quantitative estimate of drug-likeness (QED) is 0.704. The summed E-state index contributed by atoms with van der Waals surface area (Å²) in [5, 5.41) is 4.69. The Hall–Kier alpha value is -1.51. The van der Waals surface area contributed by atoms with Crippen molar-refractivity contribution in [3.05, 3.63) is 69.3 Å². The number of carbonyl (C=O) groups excluding carboxylic acids is 1. The van der Waals surface area contributed by atoms with Crippen LogP contribution in [0.4, 0.5) is 0 Å². The number of benzene rings is 1. The van der Waals surface area contributed by atoms with E-state index in [1.807, 2.05) is 12.1 Å². The van der Waals surface area contributed by atoms with Crippen LogP contribution in [0.15, 0.2) is 58.7 Å². The van der Waals surface area contributed by atoms with E-state index in [1.165, 1.54) is 16.7 Å². The highest BCUT2D eigenvalue weighted by molar-refractivity contribution is 6.31. The molecule has 128 valence electrons. The molecular formula is C21H19Cl2NO. The molecule has 1 unspecified atom stereocenters. The molecule has 1 amide bonds. The van der Waals surface area contributed by atoms with Gasteiger partial charge in [0.15, 0.2) is 0 Å². The van der Waals surface area contributed by atoms with Crippen LogP contribution in [0.1, 0.15) is 24.3 Å². The largest absolute Gasteiger partial charge is 0.355 e. The second kappa shape index (κ2) is 5.75. The van der Waals surface area contributed by atoms with Gasteiger partial charge in [0.2, 0.25) is 5.91 Å². The van der Waals surface area contributed by atoms with Crippen molar-refractivity contribution < 1.29 is 4.79 Å². The van der Waals surface area contributed by atoms with E-state index in [2.05, 4.69) is 35.7 Å². The molecule has 0 radical (unpaired) electrons. The lowest BCUT2D eigenvalue weighted by Crippen LogP contribution is -2.34. The van der Waals surface area contributed by atoms with Gasteiger partial charge in [-0.25, -0.2) is 0 Å². The van der Waals surface area contributed by atoms with Gasteiger partial charge in [-0.2, -0.15) is 0 Å². The molecule has 2 nitrogen and oxygen atoms in total. The van der Waals surface area contributed by atoms with Crippen LogP contribution in [-0.4, -0.2) is 12.5 Å². The van der Waals surface area contributed by atoms with E-state index >= 15 is 0 Å². The summed E-state index contributed by atoms with van der Waals surface area (Å²) in [5.74, 6) is 1.81. The van der Waals surface area contributed by atoms with E-state index in [1.54, 1.807) is 0 Å². The third-order valence-electron chi connectivity index (χ3n) is 6.41. The Morgan fingerprint density at radius 1 is 1.04 bits per heavy atom. The Labute approximate surface area is 157 Å². The number of hydrogen-bond acceptors (Lipinski definition) is 1. The third kappa shape index (κ3) is 2.42. The van der Waals surface area contributed by atoms with Crippen LogP contribution in [0.5, 0.6) is 0 Å². The summed E-state index contributed by atoms with van der Waals surface area (Å²) in [4.78, 5) is 12.4. The number of nitrogens with one attached hydrogen (secondary N) is 1. The van der Waals surface area contributed by atoms with E-state index in [4.69, 9.17) is 23.2 Å². The number of carbonyl (C=O) groups is 1. The van der Waals surface area contributed by atoms with Crippen LogP contribution in [0.3, 0.4) is 0 Å². The molecule has 5 atom stereocenters. The van der Waals surface area contributed by atoms with Crippen molar-refractivity contribution >= 4 is 29.1 Å². The first-order valence-electron chi connectivity index (χ1n) is 8.91. The second-order valence-corrected chi connectivity index (χ2v) is 8.48. The van der Waals surface area contributed by atoms with E-state index < -0.39 is 0 Å². The van der Waals surface area contributed by atoms with Crippen molar-refractivity contribution in [3.8, 4) is 0 Å². The van der Waals surface area contributed by atoms with Gasteiger partial charge in [-0.3, -0.25) is 4.79 Å². The van der Waals surface area contributed by atoms with Crippen molar-refractivity contribution in [3.63, 3.8) is 0 Å². The molecule has 5 rings (SSSR count). The molecule has 1 saturated carbocycles. The predicted octanol–water partition coefficient (Wildman–Crippen LogP) is 4.81. The summed E-state index contributed by atoms with van der Waals surface area (Å²) >= 11 is 12.4. The minimum absolute atomic E-state index is 0.00360. The first-order chi connectivity index (χ1) is 12.1. The Bertz CT molecular complexity index is 836. The van der Waals surface area contributed by atoms with Gasteiger partial charge < -0.3 is 5.32 Å². The summed E-state index contributed by atoms with van der Waals surface area (Å²) < 4.78 is 0. The summed E-state index contributed by atoms with van der Waals surface area (Å²) in [6, 6.07) is 8.22. The number of allylic oxidation sites excluding steroid dienone is 5. The predicted molar refractivity (Wildman–Crippen MR) is 100 cm³/mol. The highest BCUT2D eigenvalue weighted by Crippen LogP contribution is 2.58. The summed E-state index contributed by atoms with van der Waals surface area (Å²) in [5.41, 5.74) is 4.16. The summed E-state index contributed by atoms with van der Waals surface area (Å²) in [6.45, 7) is 0.763. The number of rotatable bonds is 1. The molecule has 4 heteroatoms. The monoisotopic (exact) mass is 371 g/mol. The number of halogens is 2. The van der Waals surface area contributed by atoms with E-state index in [0.717, 1.165) is 29.4 Å². The van der Waals surface area contributed by atoms with Gasteiger partial charge in [0.25, 0.3) is 0 Å². The van der Waals surface area contributed by atoms with E-state index in [9.17, 15) is 4.79 Å². The lowest BCUT2D eigenvalue weighted by molar-refractivity contribution is -0.121. The standard InChI is InChI=1S/C21H19Cl2NO/c22-14-3-1-11(2-4-14)19-18-10-24-21(25)17(18)9-13-7-12-8-15(23)5-6-16(12)20(13)19/h1-5,8-9,16-20H,6-7,10H2,(H,24,25)/t16?,17-,18-,19-,20-/m1/s1. The lowest BCUT2D eigenvalue weighted by atomic mass is 9.63. The van der Waals surface area contributed by atoms with Gasteiger partial charge in [0.1, 0.15) is 0 Å². The van der Waals surface area contributed by atoms with Crippen LogP contribution < -0.4 is 5.32 Å². The maximum Gasteiger partial charge on any atom is 0.227 e. The second-order valence-electron chi connectivity index (χ2n) is 7.61. The highest BCUT2D eigenvalue weighted by Gasteiger charge is 2.51. The fourth-order valence-electron chi connectivity index (χ4n) is 5.40. The molecule has 1 N–H and O–H groups in total. The summed E-state index contributed by atoms with van der Waals surface area (Å²) in [6.07, 6.45) is 8.50. The average Bonchev–Trinajstić information content (AvgIpc) is 3.14. The molecule has 0 spiro atoms. The van der Waals surface area contributed by atoms with Gasteiger partial charge in [-0.1, -0.05) is 58.6 Å². The van der Waals surface area contributed by atoms with Gasteiger partial charge in [0, 0.05) is 16.6 Å². The normalized spacial score (nSPS) is 35.8. The number of fused-ring (bicyclic) bond motifs is 4. The molecular weight excluding hydrogens is 353 g/mol. The molecule has 25 heavy (non-hydrogen) atoms. The zero-order chi connectivity index (χ0) is 17.1. The Balaban J connectivity index is 1.62. The van der Waals surface area contributed by atoms with Crippen molar-refractivity contribution in [1.29, 1.82) is 0 Å². The molecule has 1 aliphatic heterocycles. The topological polar surface area (TPSA) is 29.1 Å². The highest BCUT2D eigenvalue weighted by atomic mass is 35.5. The van der Waals surface area contributed by atoms with Gasteiger partial charge >= 0.3 is 0 Å². The first-order valence-corrected chi connectivity index (χ1v) is 9.67.